The normalized spacial score (nSPS) is 13.4. The molecule has 0 saturated carbocycles. The summed E-state index contributed by atoms with van der Waals surface area (Å²) in [5.74, 6) is 0. The molecule has 0 radical (unpaired) electrons. The van der Waals surface area contributed by atoms with E-state index in [2.05, 4.69) is 17.1 Å². The highest BCUT2D eigenvalue weighted by atomic mass is 15.1. The predicted molar refractivity (Wildman–Crippen MR) is 40.4 cm³/mol. The monoisotopic (exact) mass is 139 g/mol. The van der Waals surface area contributed by atoms with Gasteiger partial charge in [-0.15, -0.1) is 0 Å². The van der Waals surface area contributed by atoms with Crippen LogP contribution in [0.15, 0.2) is 12.4 Å². The van der Waals surface area contributed by atoms with E-state index in [-0.39, 0.29) is 6.04 Å². The van der Waals surface area contributed by atoms with Gasteiger partial charge in [0.15, 0.2) is 0 Å². The molecule has 0 amide bonds. The fourth-order valence-electron chi connectivity index (χ4n) is 0.941. The average molecular weight is 139 g/mol. The fraction of sp³-hybridized carbons (Fsp3) is 0.571. The van der Waals surface area contributed by atoms with Gasteiger partial charge in [-0.2, -0.15) is 5.10 Å². The molecular weight excluding hydrogens is 126 g/mol. The standard InChI is InChI=1S/C7H13N3/c1-2-3-7(8)6-4-9-10-5-6/h4-5,7H,2-3,8H2,1H3,(H,9,10)/t7-/m1/s1. The van der Waals surface area contributed by atoms with Crippen LogP contribution < -0.4 is 5.73 Å². The lowest BCUT2D eigenvalue weighted by molar-refractivity contribution is 0.639. The molecule has 3 N–H and O–H groups in total. The zero-order valence-corrected chi connectivity index (χ0v) is 6.17. The third-order valence-electron chi connectivity index (χ3n) is 1.55. The number of H-pyrrole nitrogens is 1. The van der Waals surface area contributed by atoms with Crippen molar-refractivity contribution in [3.05, 3.63) is 18.0 Å². The van der Waals surface area contributed by atoms with E-state index in [1.54, 1.807) is 6.20 Å². The minimum atomic E-state index is 0.156. The number of nitrogens with two attached hydrogens (primary N) is 1. The zero-order valence-electron chi connectivity index (χ0n) is 6.17. The number of nitrogens with one attached hydrogen (secondary N) is 1. The fourth-order valence-corrected chi connectivity index (χ4v) is 0.941. The second-order valence-corrected chi connectivity index (χ2v) is 2.43. The molecule has 10 heavy (non-hydrogen) atoms. The Bertz CT molecular complexity index is 169. The summed E-state index contributed by atoms with van der Waals surface area (Å²) in [5, 5.41) is 6.56. The van der Waals surface area contributed by atoms with Gasteiger partial charge >= 0.3 is 0 Å². The maximum absolute atomic E-state index is 5.79. The topological polar surface area (TPSA) is 54.7 Å². The third-order valence-corrected chi connectivity index (χ3v) is 1.55. The van der Waals surface area contributed by atoms with Crippen molar-refractivity contribution in [2.45, 2.75) is 25.8 Å². The molecule has 1 aromatic rings. The van der Waals surface area contributed by atoms with Crippen LogP contribution in [-0.2, 0) is 0 Å². The Morgan fingerprint density at radius 1 is 1.80 bits per heavy atom. The molecule has 3 heteroatoms. The van der Waals surface area contributed by atoms with Gasteiger partial charge < -0.3 is 5.73 Å². The van der Waals surface area contributed by atoms with Gasteiger partial charge in [0.05, 0.1) is 6.20 Å². The quantitative estimate of drug-likeness (QED) is 0.661. The third kappa shape index (κ3) is 1.57. The summed E-state index contributed by atoms with van der Waals surface area (Å²) in [6.45, 7) is 2.12. The van der Waals surface area contributed by atoms with Crippen molar-refractivity contribution in [1.82, 2.24) is 10.2 Å². The van der Waals surface area contributed by atoms with Gasteiger partial charge in [-0.1, -0.05) is 13.3 Å². The van der Waals surface area contributed by atoms with Crippen LogP contribution in [-0.4, -0.2) is 10.2 Å². The maximum atomic E-state index is 5.79. The molecular formula is C7H13N3. The molecule has 0 spiro atoms. The first-order chi connectivity index (χ1) is 4.84. The van der Waals surface area contributed by atoms with Crippen molar-refractivity contribution in [1.29, 1.82) is 0 Å². The van der Waals surface area contributed by atoms with E-state index in [4.69, 9.17) is 5.73 Å². The van der Waals surface area contributed by atoms with E-state index in [9.17, 15) is 0 Å². The largest absolute Gasteiger partial charge is 0.324 e. The van der Waals surface area contributed by atoms with Gasteiger partial charge in [-0.25, -0.2) is 0 Å². The van der Waals surface area contributed by atoms with Gasteiger partial charge in [-0.05, 0) is 6.42 Å². The van der Waals surface area contributed by atoms with Gasteiger partial charge in [0.2, 0.25) is 0 Å². The van der Waals surface area contributed by atoms with Crippen LogP contribution in [0.2, 0.25) is 0 Å². The van der Waals surface area contributed by atoms with Crippen LogP contribution in [0.3, 0.4) is 0 Å². The Labute approximate surface area is 60.6 Å². The maximum Gasteiger partial charge on any atom is 0.0535 e. The second kappa shape index (κ2) is 3.37. The van der Waals surface area contributed by atoms with Crippen LogP contribution >= 0.6 is 0 Å². The summed E-state index contributed by atoms with van der Waals surface area (Å²) < 4.78 is 0. The SMILES string of the molecule is CCC[C@@H](N)c1cn[nH]c1. The van der Waals surface area contributed by atoms with Crippen molar-refractivity contribution in [2.24, 2.45) is 5.73 Å². The molecule has 0 fully saturated rings. The van der Waals surface area contributed by atoms with Gasteiger partial charge in [0, 0.05) is 17.8 Å². The van der Waals surface area contributed by atoms with E-state index in [1.165, 1.54) is 0 Å². The van der Waals surface area contributed by atoms with E-state index >= 15 is 0 Å². The molecule has 0 aliphatic carbocycles. The van der Waals surface area contributed by atoms with Crippen molar-refractivity contribution >= 4 is 0 Å². The summed E-state index contributed by atoms with van der Waals surface area (Å²) in [5.41, 5.74) is 6.89. The molecule has 0 aliphatic rings. The summed E-state index contributed by atoms with van der Waals surface area (Å²) in [6, 6.07) is 0.156. The minimum absolute atomic E-state index is 0.156. The first-order valence-corrected chi connectivity index (χ1v) is 3.59. The minimum Gasteiger partial charge on any atom is -0.324 e. The summed E-state index contributed by atoms with van der Waals surface area (Å²) in [6.07, 6.45) is 5.77. The van der Waals surface area contributed by atoms with Crippen LogP contribution in [0, 0.1) is 0 Å². The molecule has 1 aromatic heterocycles. The molecule has 56 valence electrons. The van der Waals surface area contributed by atoms with Crippen molar-refractivity contribution in [3.63, 3.8) is 0 Å². The Balaban J connectivity index is 2.50. The smallest absolute Gasteiger partial charge is 0.0535 e. The number of aromatic nitrogens is 2. The number of hydrogen-bond donors (Lipinski definition) is 2. The number of aromatic amines is 1. The lowest BCUT2D eigenvalue weighted by Gasteiger charge is -2.05. The number of nitrogens with zero attached hydrogens (tertiary/aromatic N) is 1. The molecule has 0 aliphatic heterocycles. The number of rotatable bonds is 3. The van der Waals surface area contributed by atoms with Crippen molar-refractivity contribution < 1.29 is 0 Å². The lowest BCUT2D eigenvalue weighted by Crippen LogP contribution is -2.08. The first-order valence-electron chi connectivity index (χ1n) is 3.59. The Kier molecular flexibility index (Phi) is 2.45. The van der Waals surface area contributed by atoms with Gasteiger partial charge in [0.1, 0.15) is 0 Å². The van der Waals surface area contributed by atoms with Crippen molar-refractivity contribution in [2.75, 3.05) is 0 Å². The Morgan fingerprint density at radius 3 is 3.10 bits per heavy atom. The molecule has 1 atom stereocenters. The van der Waals surface area contributed by atoms with E-state index < -0.39 is 0 Å². The van der Waals surface area contributed by atoms with E-state index in [0.29, 0.717) is 0 Å². The van der Waals surface area contributed by atoms with Crippen LogP contribution in [0.4, 0.5) is 0 Å². The summed E-state index contributed by atoms with van der Waals surface area (Å²) in [7, 11) is 0. The second-order valence-electron chi connectivity index (χ2n) is 2.43. The molecule has 1 rings (SSSR count). The highest BCUT2D eigenvalue weighted by Crippen LogP contribution is 2.12. The molecule has 0 bridgehead atoms. The van der Waals surface area contributed by atoms with Crippen LogP contribution in [0.1, 0.15) is 31.4 Å². The van der Waals surface area contributed by atoms with Crippen LogP contribution in [0.25, 0.3) is 0 Å². The highest BCUT2D eigenvalue weighted by molar-refractivity contribution is 5.07. The zero-order chi connectivity index (χ0) is 7.40. The molecule has 3 nitrogen and oxygen atoms in total. The summed E-state index contributed by atoms with van der Waals surface area (Å²) in [4.78, 5) is 0. The van der Waals surface area contributed by atoms with Crippen molar-refractivity contribution in [3.8, 4) is 0 Å². The first kappa shape index (κ1) is 7.28. The van der Waals surface area contributed by atoms with Gasteiger partial charge in [0.25, 0.3) is 0 Å². The number of hydrogen-bond acceptors (Lipinski definition) is 2. The predicted octanol–water partition coefficient (Wildman–Crippen LogP) is 1.21. The summed E-state index contributed by atoms with van der Waals surface area (Å²) >= 11 is 0. The van der Waals surface area contributed by atoms with Crippen LogP contribution in [0.5, 0.6) is 0 Å². The molecule has 0 saturated heterocycles. The lowest BCUT2D eigenvalue weighted by atomic mass is 10.1. The molecule has 0 aromatic carbocycles. The van der Waals surface area contributed by atoms with Gasteiger partial charge in [-0.3, -0.25) is 5.10 Å². The molecule has 0 unspecified atom stereocenters. The Morgan fingerprint density at radius 2 is 2.60 bits per heavy atom. The average Bonchev–Trinajstić information content (AvgIpc) is 2.38. The van der Waals surface area contributed by atoms with E-state index in [0.717, 1.165) is 18.4 Å². The molecule has 1 heterocycles. The van der Waals surface area contributed by atoms with E-state index in [1.807, 2.05) is 6.20 Å². The highest BCUT2D eigenvalue weighted by Gasteiger charge is 2.03. The Hall–Kier alpha value is -0.830.